The van der Waals surface area contributed by atoms with Gasteiger partial charge in [0.1, 0.15) is 5.82 Å². The summed E-state index contributed by atoms with van der Waals surface area (Å²) in [5.41, 5.74) is 0.964. The number of aromatic nitrogens is 2. The van der Waals surface area contributed by atoms with Gasteiger partial charge in [-0.1, -0.05) is 24.3 Å². The van der Waals surface area contributed by atoms with Gasteiger partial charge in [-0.25, -0.2) is 9.18 Å². The summed E-state index contributed by atoms with van der Waals surface area (Å²) in [6.45, 7) is 0.431. The third-order valence-corrected chi connectivity index (χ3v) is 3.33. The lowest BCUT2D eigenvalue weighted by Crippen LogP contribution is -2.33. The SMILES string of the molecule is O=C(O)c1nn(Cc2ccc(F)cc2)c2c1=CCCC=2. The molecule has 0 fully saturated rings. The van der Waals surface area contributed by atoms with E-state index in [9.17, 15) is 14.3 Å². The van der Waals surface area contributed by atoms with E-state index in [2.05, 4.69) is 5.10 Å². The largest absolute Gasteiger partial charge is 0.476 e. The Morgan fingerprint density at radius 3 is 2.65 bits per heavy atom. The van der Waals surface area contributed by atoms with Gasteiger partial charge < -0.3 is 5.11 Å². The summed E-state index contributed by atoms with van der Waals surface area (Å²) in [5.74, 6) is -1.31. The number of aromatic carboxylic acids is 1. The molecule has 4 nitrogen and oxygen atoms in total. The van der Waals surface area contributed by atoms with Gasteiger partial charge in [-0.05, 0) is 30.5 Å². The summed E-state index contributed by atoms with van der Waals surface area (Å²) in [6, 6.07) is 6.13. The summed E-state index contributed by atoms with van der Waals surface area (Å²) in [7, 11) is 0. The zero-order valence-electron chi connectivity index (χ0n) is 10.7. The first-order valence-electron chi connectivity index (χ1n) is 6.40. The Morgan fingerprint density at radius 2 is 1.95 bits per heavy atom. The number of benzene rings is 1. The fraction of sp³-hybridized carbons (Fsp3) is 0.200. The van der Waals surface area contributed by atoms with Crippen molar-refractivity contribution in [3.05, 3.63) is 51.9 Å². The summed E-state index contributed by atoms with van der Waals surface area (Å²) in [5, 5.41) is 14.9. The topological polar surface area (TPSA) is 55.1 Å². The van der Waals surface area contributed by atoms with Crippen LogP contribution in [0.2, 0.25) is 0 Å². The Hall–Kier alpha value is -2.43. The van der Waals surface area contributed by atoms with Crippen molar-refractivity contribution < 1.29 is 14.3 Å². The number of carbonyl (C=O) groups is 1. The van der Waals surface area contributed by atoms with Crippen LogP contribution in [0, 0.1) is 5.82 Å². The molecule has 1 aliphatic carbocycles. The van der Waals surface area contributed by atoms with Crippen molar-refractivity contribution in [2.45, 2.75) is 19.4 Å². The van der Waals surface area contributed by atoms with Crippen LogP contribution in [0.3, 0.4) is 0 Å². The summed E-state index contributed by atoms with van der Waals surface area (Å²) >= 11 is 0. The third kappa shape index (κ3) is 2.22. The number of halogens is 1. The lowest BCUT2D eigenvalue weighted by Gasteiger charge is -2.04. The molecule has 0 amide bonds. The monoisotopic (exact) mass is 272 g/mol. The quantitative estimate of drug-likeness (QED) is 0.911. The van der Waals surface area contributed by atoms with E-state index in [-0.39, 0.29) is 11.5 Å². The molecule has 0 unspecified atom stereocenters. The molecule has 0 saturated carbocycles. The number of carboxylic acids is 1. The lowest BCUT2D eigenvalue weighted by molar-refractivity contribution is 0.0688. The van der Waals surface area contributed by atoms with Gasteiger partial charge in [-0.3, -0.25) is 4.68 Å². The first-order valence-corrected chi connectivity index (χ1v) is 6.40. The minimum atomic E-state index is -1.02. The van der Waals surface area contributed by atoms with Crippen molar-refractivity contribution in [3.8, 4) is 0 Å². The van der Waals surface area contributed by atoms with Crippen molar-refractivity contribution >= 4 is 18.1 Å². The second kappa shape index (κ2) is 4.92. The van der Waals surface area contributed by atoms with Crippen LogP contribution in [0.15, 0.2) is 24.3 Å². The number of rotatable bonds is 3. The van der Waals surface area contributed by atoms with Crippen LogP contribution in [0.1, 0.15) is 28.9 Å². The standard InChI is InChI=1S/C15H13FN2O2/c16-11-7-5-10(6-8-11)9-18-13-4-2-1-3-12(13)14(17-18)15(19)20/h3-8H,1-2,9H2,(H,19,20). The molecular weight excluding hydrogens is 259 g/mol. The van der Waals surface area contributed by atoms with E-state index in [1.54, 1.807) is 16.8 Å². The maximum atomic E-state index is 12.9. The van der Waals surface area contributed by atoms with Crippen molar-refractivity contribution in [1.29, 1.82) is 0 Å². The first kappa shape index (κ1) is 12.6. The zero-order chi connectivity index (χ0) is 14.1. The molecule has 0 bridgehead atoms. The predicted molar refractivity (Wildman–Crippen MR) is 72.1 cm³/mol. The highest BCUT2D eigenvalue weighted by atomic mass is 19.1. The van der Waals surface area contributed by atoms with Crippen LogP contribution in [-0.2, 0) is 6.54 Å². The molecule has 3 rings (SSSR count). The highest BCUT2D eigenvalue weighted by Gasteiger charge is 2.15. The van der Waals surface area contributed by atoms with Gasteiger partial charge in [0, 0.05) is 5.22 Å². The number of nitrogens with zero attached hydrogens (tertiary/aromatic N) is 2. The van der Waals surface area contributed by atoms with Crippen LogP contribution in [0.4, 0.5) is 4.39 Å². The highest BCUT2D eigenvalue weighted by Crippen LogP contribution is 2.04. The molecule has 1 aliphatic rings. The molecule has 5 heteroatoms. The number of fused-ring (bicyclic) bond motifs is 1. The molecule has 1 aromatic heterocycles. The van der Waals surface area contributed by atoms with Gasteiger partial charge in [-0.15, -0.1) is 0 Å². The van der Waals surface area contributed by atoms with Gasteiger partial charge in [0.25, 0.3) is 0 Å². The smallest absolute Gasteiger partial charge is 0.357 e. The molecule has 0 spiro atoms. The van der Waals surface area contributed by atoms with E-state index < -0.39 is 5.97 Å². The van der Waals surface area contributed by atoms with Crippen molar-refractivity contribution in [1.82, 2.24) is 9.78 Å². The number of hydrogen-bond acceptors (Lipinski definition) is 2. The normalized spacial score (nSPS) is 13.2. The molecule has 0 radical (unpaired) electrons. The Bertz CT molecular complexity index is 775. The maximum absolute atomic E-state index is 12.9. The number of hydrogen-bond donors (Lipinski definition) is 1. The first-order chi connectivity index (χ1) is 9.65. The van der Waals surface area contributed by atoms with E-state index in [0.29, 0.717) is 11.8 Å². The van der Waals surface area contributed by atoms with Crippen LogP contribution in [0.25, 0.3) is 12.2 Å². The average Bonchev–Trinajstić information content (AvgIpc) is 2.81. The van der Waals surface area contributed by atoms with Crippen LogP contribution in [0.5, 0.6) is 0 Å². The molecule has 2 aromatic rings. The maximum Gasteiger partial charge on any atom is 0.357 e. The van der Waals surface area contributed by atoms with E-state index >= 15 is 0 Å². The van der Waals surface area contributed by atoms with Gasteiger partial charge in [0.05, 0.1) is 11.9 Å². The van der Waals surface area contributed by atoms with E-state index in [0.717, 1.165) is 23.8 Å². The molecule has 1 aromatic carbocycles. The Morgan fingerprint density at radius 1 is 1.25 bits per heavy atom. The van der Waals surface area contributed by atoms with E-state index in [1.807, 2.05) is 12.2 Å². The van der Waals surface area contributed by atoms with Crippen LogP contribution in [-0.4, -0.2) is 20.9 Å². The summed E-state index contributed by atoms with van der Waals surface area (Å²) < 4.78 is 14.6. The molecule has 0 aliphatic heterocycles. The van der Waals surface area contributed by atoms with Gasteiger partial charge in [0.2, 0.25) is 0 Å². The fourth-order valence-corrected chi connectivity index (χ4v) is 2.39. The predicted octanol–water partition coefficient (Wildman–Crippen LogP) is 1.12. The van der Waals surface area contributed by atoms with Crippen LogP contribution >= 0.6 is 0 Å². The Balaban J connectivity index is 2.07. The average molecular weight is 272 g/mol. The number of carboxylic acid groups (broad SMARTS) is 1. The van der Waals surface area contributed by atoms with E-state index in [1.165, 1.54) is 12.1 Å². The second-order valence-electron chi connectivity index (χ2n) is 4.72. The molecule has 1 heterocycles. The highest BCUT2D eigenvalue weighted by molar-refractivity contribution is 5.86. The summed E-state index contributed by atoms with van der Waals surface area (Å²) in [6.07, 6.45) is 5.61. The van der Waals surface area contributed by atoms with Gasteiger partial charge in [0.15, 0.2) is 5.69 Å². The Labute approximate surface area is 114 Å². The minimum Gasteiger partial charge on any atom is -0.476 e. The van der Waals surface area contributed by atoms with Crippen molar-refractivity contribution in [2.75, 3.05) is 0 Å². The molecular formula is C15H13FN2O2. The van der Waals surface area contributed by atoms with Crippen LogP contribution < -0.4 is 10.6 Å². The zero-order valence-corrected chi connectivity index (χ0v) is 10.7. The molecule has 0 saturated heterocycles. The fourth-order valence-electron chi connectivity index (χ4n) is 2.39. The van der Waals surface area contributed by atoms with Crippen molar-refractivity contribution in [3.63, 3.8) is 0 Å². The summed E-state index contributed by atoms with van der Waals surface area (Å²) in [4.78, 5) is 11.2. The second-order valence-corrected chi connectivity index (χ2v) is 4.72. The van der Waals surface area contributed by atoms with Gasteiger partial charge in [-0.2, -0.15) is 5.10 Å². The molecule has 0 atom stereocenters. The van der Waals surface area contributed by atoms with Gasteiger partial charge >= 0.3 is 5.97 Å². The Kier molecular flexibility index (Phi) is 3.10. The third-order valence-electron chi connectivity index (χ3n) is 3.33. The molecule has 1 N–H and O–H groups in total. The van der Waals surface area contributed by atoms with E-state index in [4.69, 9.17) is 0 Å². The van der Waals surface area contributed by atoms with Crippen molar-refractivity contribution in [2.24, 2.45) is 0 Å². The molecule has 20 heavy (non-hydrogen) atoms. The minimum absolute atomic E-state index is 0.0815. The molecule has 102 valence electrons. The lowest BCUT2D eigenvalue weighted by atomic mass is 10.1.